The molecule has 0 bridgehead atoms. The van der Waals surface area contributed by atoms with Crippen molar-refractivity contribution in [3.63, 3.8) is 0 Å². The van der Waals surface area contributed by atoms with E-state index in [4.69, 9.17) is 9.47 Å². The van der Waals surface area contributed by atoms with Crippen molar-refractivity contribution in [2.45, 2.75) is 13.3 Å². The van der Waals surface area contributed by atoms with Gasteiger partial charge in [0, 0.05) is 25.9 Å². The molecule has 0 saturated carbocycles. The summed E-state index contributed by atoms with van der Waals surface area (Å²) in [5.41, 5.74) is 2.49. The van der Waals surface area contributed by atoms with Gasteiger partial charge in [0.1, 0.15) is 0 Å². The monoisotopic (exact) mass is 223 g/mol. The van der Waals surface area contributed by atoms with Crippen LogP contribution >= 0.6 is 0 Å². The van der Waals surface area contributed by atoms with Crippen molar-refractivity contribution < 1.29 is 9.47 Å². The molecule has 3 heteroatoms. The van der Waals surface area contributed by atoms with Gasteiger partial charge in [-0.1, -0.05) is 18.2 Å². The van der Waals surface area contributed by atoms with E-state index in [9.17, 15) is 0 Å². The Bertz CT molecular complexity index is 289. The normalized spacial score (nSPS) is 10.4. The van der Waals surface area contributed by atoms with Crippen molar-refractivity contribution in [3.8, 4) is 0 Å². The lowest BCUT2D eigenvalue weighted by Gasteiger charge is -2.09. The fourth-order valence-electron chi connectivity index (χ4n) is 1.41. The van der Waals surface area contributed by atoms with Crippen molar-refractivity contribution in [2.24, 2.45) is 0 Å². The molecule has 90 valence electrons. The van der Waals surface area contributed by atoms with Gasteiger partial charge in [0.05, 0.1) is 13.2 Å². The van der Waals surface area contributed by atoms with Gasteiger partial charge in [0.25, 0.3) is 0 Å². The maximum absolute atomic E-state index is 5.38. The first-order valence-electron chi connectivity index (χ1n) is 5.71. The summed E-state index contributed by atoms with van der Waals surface area (Å²) in [5, 5.41) is 3.39. The second kappa shape index (κ2) is 8.13. The zero-order valence-electron chi connectivity index (χ0n) is 10.2. The lowest BCUT2D eigenvalue weighted by Crippen LogP contribution is -2.08. The van der Waals surface area contributed by atoms with E-state index in [2.05, 4.69) is 24.4 Å². The molecule has 0 heterocycles. The molecule has 0 fully saturated rings. The first-order chi connectivity index (χ1) is 7.84. The molecule has 1 N–H and O–H groups in total. The first-order valence-corrected chi connectivity index (χ1v) is 5.71. The van der Waals surface area contributed by atoms with Crippen LogP contribution in [0.25, 0.3) is 0 Å². The Balaban J connectivity index is 2.05. The highest BCUT2D eigenvalue weighted by atomic mass is 16.5. The minimum absolute atomic E-state index is 0.672. The second-order valence-electron chi connectivity index (χ2n) is 3.70. The molecule has 0 aliphatic heterocycles. The third-order valence-electron chi connectivity index (χ3n) is 2.36. The Kier molecular flexibility index (Phi) is 6.61. The number of rotatable bonds is 8. The molecule has 0 aliphatic carbocycles. The molecule has 0 radical (unpaired) electrons. The number of anilines is 1. The van der Waals surface area contributed by atoms with Gasteiger partial charge in [-0.05, 0) is 25.0 Å². The van der Waals surface area contributed by atoms with Crippen LogP contribution in [0.1, 0.15) is 12.0 Å². The zero-order chi connectivity index (χ0) is 11.6. The Hall–Kier alpha value is -1.06. The summed E-state index contributed by atoms with van der Waals surface area (Å²) in [6, 6.07) is 8.30. The van der Waals surface area contributed by atoms with E-state index in [0.717, 1.165) is 19.6 Å². The standard InChI is InChI=1S/C13H21NO2/c1-12-6-3-4-7-13(12)14-8-5-9-16-11-10-15-2/h3-4,6-7,14H,5,8-11H2,1-2H3. The lowest BCUT2D eigenvalue weighted by molar-refractivity contribution is 0.0705. The molecule has 0 aliphatic rings. The second-order valence-corrected chi connectivity index (χ2v) is 3.70. The van der Waals surface area contributed by atoms with Crippen LogP contribution in [0.15, 0.2) is 24.3 Å². The smallest absolute Gasteiger partial charge is 0.0700 e. The van der Waals surface area contributed by atoms with Crippen LogP contribution in [0.5, 0.6) is 0 Å². The molecule has 0 saturated heterocycles. The third-order valence-corrected chi connectivity index (χ3v) is 2.36. The van der Waals surface area contributed by atoms with Gasteiger partial charge >= 0.3 is 0 Å². The molecule has 1 aromatic rings. The molecular formula is C13H21NO2. The minimum atomic E-state index is 0.672. The Morgan fingerprint density at radius 3 is 2.69 bits per heavy atom. The molecule has 0 amide bonds. The van der Waals surface area contributed by atoms with Crippen LogP contribution in [-0.4, -0.2) is 33.5 Å². The van der Waals surface area contributed by atoms with Crippen LogP contribution in [0.4, 0.5) is 5.69 Å². The number of ether oxygens (including phenoxy) is 2. The van der Waals surface area contributed by atoms with Crippen LogP contribution in [0, 0.1) is 6.92 Å². The first kappa shape index (κ1) is 13.0. The summed E-state index contributed by atoms with van der Waals surface area (Å²) in [5.74, 6) is 0. The van der Waals surface area contributed by atoms with Gasteiger partial charge in [-0.2, -0.15) is 0 Å². The Morgan fingerprint density at radius 1 is 1.12 bits per heavy atom. The van der Waals surface area contributed by atoms with Crippen molar-refractivity contribution in [1.82, 2.24) is 0 Å². The molecule has 0 atom stereocenters. The van der Waals surface area contributed by atoms with E-state index >= 15 is 0 Å². The molecule has 3 nitrogen and oxygen atoms in total. The third kappa shape index (κ3) is 5.14. The topological polar surface area (TPSA) is 30.5 Å². The van der Waals surface area contributed by atoms with Crippen LogP contribution in [0.3, 0.4) is 0 Å². The number of aryl methyl sites for hydroxylation is 1. The highest BCUT2D eigenvalue weighted by molar-refractivity contribution is 5.49. The van der Waals surface area contributed by atoms with Crippen molar-refractivity contribution in [2.75, 3.05) is 38.8 Å². The largest absolute Gasteiger partial charge is 0.385 e. The van der Waals surface area contributed by atoms with Gasteiger partial charge in [-0.3, -0.25) is 0 Å². The molecule has 0 unspecified atom stereocenters. The van der Waals surface area contributed by atoms with Gasteiger partial charge in [0.2, 0.25) is 0 Å². The summed E-state index contributed by atoms with van der Waals surface area (Å²) < 4.78 is 10.3. The van der Waals surface area contributed by atoms with E-state index in [1.807, 2.05) is 12.1 Å². The Labute approximate surface area is 97.8 Å². The fraction of sp³-hybridized carbons (Fsp3) is 0.538. The van der Waals surface area contributed by atoms with Gasteiger partial charge in [0.15, 0.2) is 0 Å². The number of nitrogens with one attached hydrogen (secondary N) is 1. The summed E-state index contributed by atoms with van der Waals surface area (Å²) in [4.78, 5) is 0. The lowest BCUT2D eigenvalue weighted by atomic mass is 10.2. The average Bonchev–Trinajstić information content (AvgIpc) is 2.30. The molecular weight excluding hydrogens is 202 g/mol. The summed E-state index contributed by atoms with van der Waals surface area (Å²) >= 11 is 0. The molecule has 1 rings (SSSR count). The van der Waals surface area contributed by atoms with Gasteiger partial charge in [-0.15, -0.1) is 0 Å². The maximum Gasteiger partial charge on any atom is 0.0700 e. The molecule has 0 spiro atoms. The zero-order valence-corrected chi connectivity index (χ0v) is 10.2. The SMILES string of the molecule is COCCOCCCNc1ccccc1C. The summed E-state index contributed by atoms with van der Waals surface area (Å²) in [6.45, 7) is 5.18. The van der Waals surface area contributed by atoms with E-state index in [-0.39, 0.29) is 0 Å². The Morgan fingerprint density at radius 2 is 1.94 bits per heavy atom. The van der Waals surface area contributed by atoms with E-state index in [1.165, 1.54) is 11.3 Å². The quantitative estimate of drug-likeness (QED) is 0.687. The minimum Gasteiger partial charge on any atom is -0.385 e. The summed E-state index contributed by atoms with van der Waals surface area (Å²) in [7, 11) is 1.68. The predicted molar refractivity (Wildman–Crippen MR) is 67.0 cm³/mol. The van der Waals surface area contributed by atoms with Crippen molar-refractivity contribution in [1.29, 1.82) is 0 Å². The van der Waals surface area contributed by atoms with Crippen molar-refractivity contribution >= 4 is 5.69 Å². The maximum atomic E-state index is 5.38. The predicted octanol–water partition coefficient (Wildman–Crippen LogP) is 2.46. The van der Waals surface area contributed by atoms with Gasteiger partial charge in [-0.25, -0.2) is 0 Å². The highest BCUT2D eigenvalue weighted by Crippen LogP contribution is 2.12. The number of para-hydroxylation sites is 1. The van der Waals surface area contributed by atoms with E-state index in [1.54, 1.807) is 7.11 Å². The number of methoxy groups -OCH3 is 1. The average molecular weight is 223 g/mol. The molecule has 16 heavy (non-hydrogen) atoms. The van der Waals surface area contributed by atoms with E-state index in [0.29, 0.717) is 13.2 Å². The number of hydrogen-bond acceptors (Lipinski definition) is 3. The number of benzene rings is 1. The fourth-order valence-corrected chi connectivity index (χ4v) is 1.41. The van der Waals surface area contributed by atoms with Crippen molar-refractivity contribution in [3.05, 3.63) is 29.8 Å². The van der Waals surface area contributed by atoms with Crippen LogP contribution in [0.2, 0.25) is 0 Å². The molecule has 0 aromatic heterocycles. The van der Waals surface area contributed by atoms with Crippen LogP contribution in [-0.2, 0) is 9.47 Å². The van der Waals surface area contributed by atoms with Crippen LogP contribution < -0.4 is 5.32 Å². The highest BCUT2D eigenvalue weighted by Gasteiger charge is 1.95. The summed E-state index contributed by atoms with van der Waals surface area (Å²) in [6.07, 6.45) is 1.01. The van der Waals surface area contributed by atoms with Gasteiger partial charge < -0.3 is 14.8 Å². The number of hydrogen-bond donors (Lipinski definition) is 1. The molecule has 1 aromatic carbocycles. The van der Waals surface area contributed by atoms with E-state index < -0.39 is 0 Å².